The van der Waals surface area contributed by atoms with Gasteiger partial charge in [-0.2, -0.15) is 0 Å². The fourth-order valence-corrected chi connectivity index (χ4v) is 2.30. The molecule has 3 N–H and O–H groups in total. The molecule has 0 heterocycles. The van der Waals surface area contributed by atoms with Gasteiger partial charge in [0.2, 0.25) is 0 Å². The van der Waals surface area contributed by atoms with Crippen molar-refractivity contribution in [3.05, 3.63) is 41.5 Å². The molecule has 0 aliphatic carbocycles. The van der Waals surface area contributed by atoms with Gasteiger partial charge in [-0.05, 0) is 24.1 Å². The van der Waals surface area contributed by atoms with Crippen molar-refractivity contribution in [2.45, 2.75) is 12.8 Å². The Labute approximate surface area is 133 Å². The van der Waals surface area contributed by atoms with Gasteiger partial charge in [0.1, 0.15) is 22.8 Å². The number of aromatic hydroxyl groups is 3. The number of benzene rings is 2. The van der Waals surface area contributed by atoms with Crippen LogP contribution in [0, 0.1) is 0 Å². The van der Waals surface area contributed by atoms with Gasteiger partial charge in [-0.3, -0.25) is 4.79 Å². The van der Waals surface area contributed by atoms with E-state index in [1.165, 1.54) is 14.2 Å². The standard InChI is InChI=1S/C17H18O6/c1-22-15-6-4-10(7-16(15)23-2)3-5-12(19)17-13(20)8-11(18)9-14(17)21/h4,6-9,18,20-21H,3,5H2,1-2H3. The number of carbonyl (C=O) groups excluding carboxylic acids is 1. The largest absolute Gasteiger partial charge is 0.508 e. The van der Waals surface area contributed by atoms with Crippen LogP contribution >= 0.6 is 0 Å². The predicted octanol–water partition coefficient (Wildman–Crippen LogP) is 2.64. The Morgan fingerprint density at radius 2 is 1.57 bits per heavy atom. The summed E-state index contributed by atoms with van der Waals surface area (Å²) in [5, 5.41) is 28.7. The number of hydrogen-bond acceptors (Lipinski definition) is 6. The molecule has 2 aromatic carbocycles. The summed E-state index contributed by atoms with van der Waals surface area (Å²) < 4.78 is 10.3. The number of phenolic OH excluding ortho intramolecular Hbond substituents is 3. The first-order valence-corrected chi connectivity index (χ1v) is 6.95. The number of hydrogen-bond donors (Lipinski definition) is 3. The molecule has 2 aromatic rings. The van der Waals surface area contributed by atoms with Gasteiger partial charge >= 0.3 is 0 Å². The summed E-state index contributed by atoms with van der Waals surface area (Å²) in [6, 6.07) is 7.36. The molecule has 0 aromatic heterocycles. The predicted molar refractivity (Wildman–Crippen MR) is 83.6 cm³/mol. The number of aryl methyl sites for hydroxylation is 1. The fourth-order valence-electron chi connectivity index (χ4n) is 2.30. The van der Waals surface area contributed by atoms with Crippen LogP contribution in [-0.4, -0.2) is 35.3 Å². The first-order valence-electron chi connectivity index (χ1n) is 6.95. The van der Waals surface area contributed by atoms with Crippen molar-refractivity contribution in [1.82, 2.24) is 0 Å². The molecule has 6 nitrogen and oxygen atoms in total. The third-order valence-electron chi connectivity index (χ3n) is 3.45. The lowest BCUT2D eigenvalue weighted by Crippen LogP contribution is -2.02. The highest BCUT2D eigenvalue weighted by Crippen LogP contribution is 2.33. The Morgan fingerprint density at radius 3 is 2.13 bits per heavy atom. The van der Waals surface area contributed by atoms with Crippen LogP contribution in [0.15, 0.2) is 30.3 Å². The lowest BCUT2D eigenvalue weighted by atomic mass is 10.0. The van der Waals surface area contributed by atoms with Crippen molar-refractivity contribution >= 4 is 5.78 Å². The highest BCUT2D eigenvalue weighted by Gasteiger charge is 2.18. The van der Waals surface area contributed by atoms with Crippen molar-refractivity contribution < 1.29 is 29.6 Å². The van der Waals surface area contributed by atoms with E-state index in [4.69, 9.17) is 9.47 Å². The van der Waals surface area contributed by atoms with Gasteiger partial charge in [0.15, 0.2) is 17.3 Å². The quantitative estimate of drug-likeness (QED) is 0.709. The number of carbonyl (C=O) groups is 1. The van der Waals surface area contributed by atoms with E-state index in [2.05, 4.69) is 0 Å². The number of methoxy groups -OCH3 is 2. The van der Waals surface area contributed by atoms with Crippen molar-refractivity contribution in [3.63, 3.8) is 0 Å². The van der Waals surface area contributed by atoms with Crippen LogP contribution in [0.3, 0.4) is 0 Å². The fraction of sp³-hybridized carbons (Fsp3) is 0.235. The van der Waals surface area contributed by atoms with E-state index in [9.17, 15) is 20.1 Å². The Morgan fingerprint density at radius 1 is 0.957 bits per heavy atom. The molecule has 2 rings (SSSR count). The zero-order valence-electron chi connectivity index (χ0n) is 12.9. The summed E-state index contributed by atoms with van der Waals surface area (Å²) in [6.45, 7) is 0. The molecule has 0 spiro atoms. The minimum Gasteiger partial charge on any atom is -0.508 e. The van der Waals surface area contributed by atoms with Crippen LogP contribution in [0.5, 0.6) is 28.7 Å². The maximum Gasteiger partial charge on any atom is 0.170 e. The van der Waals surface area contributed by atoms with Crippen molar-refractivity contribution in [1.29, 1.82) is 0 Å². The van der Waals surface area contributed by atoms with Gasteiger partial charge < -0.3 is 24.8 Å². The molecule has 0 radical (unpaired) electrons. The van der Waals surface area contributed by atoms with E-state index in [0.29, 0.717) is 17.9 Å². The lowest BCUT2D eigenvalue weighted by molar-refractivity contribution is 0.0977. The zero-order valence-corrected chi connectivity index (χ0v) is 12.9. The highest BCUT2D eigenvalue weighted by molar-refractivity contribution is 6.01. The number of ketones is 1. The Bertz CT molecular complexity index is 700. The molecule has 122 valence electrons. The molecule has 0 unspecified atom stereocenters. The van der Waals surface area contributed by atoms with E-state index < -0.39 is 17.3 Å². The van der Waals surface area contributed by atoms with Crippen LogP contribution < -0.4 is 9.47 Å². The molecular weight excluding hydrogens is 300 g/mol. The summed E-state index contributed by atoms with van der Waals surface area (Å²) in [5.41, 5.74) is 0.664. The normalized spacial score (nSPS) is 10.3. The number of Topliss-reactive ketones (excluding diaryl/α,β-unsaturated/α-hetero) is 1. The van der Waals surface area contributed by atoms with Crippen LogP contribution in [0.2, 0.25) is 0 Å². The van der Waals surface area contributed by atoms with Crippen LogP contribution in [0.25, 0.3) is 0 Å². The smallest absolute Gasteiger partial charge is 0.170 e. The summed E-state index contributed by atoms with van der Waals surface area (Å²) >= 11 is 0. The van der Waals surface area contributed by atoms with E-state index in [-0.39, 0.29) is 17.7 Å². The molecule has 0 saturated heterocycles. The van der Waals surface area contributed by atoms with Gasteiger partial charge in [-0.15, -0.1) is 0 Å². The molecule has 0 bridgehead atoms. The van der Waals surface area contributed by atoms with E-state index in [1.807, 2.05) is 6.07 Å². The topological polar surface area (TPSA) is 96.2 Å². The summed E-state index contributed by atoms with van der Waals surface area (Å²) in [5.74, 6) is -0.463. The molecule has 0 aliphatic rings. The third kappa shape index (κ3) is 3.66. The van der Waals surface area contributed by atoms with Gasteiger partial charge in [0.05, 0.1) is 14.2 Å². The number of ether oxygens (including phenoxy) is 2. The zero-order chi connectivity index (χ0) is 17.0. The maximum absolute atomic E-state index is 12.2. The SMILES string of the molecule is COc1ccc(CCC(=O)c2c(O)cc(O)cc2O)cc1OC. The van der Waals surface area contributed by atoms with Crippen LogP contribution in [0.1, 0.15) is 22.3 Å². The average molecular weight is 318 g/mol. The van der Waals surface area contributed by atoms with E-state index in [0.717, 1.165) is 17.7 Å². The van der Waals surface area contributed by atoms with E-state index in [1.54, 1.807) is 12.1 Å². The molecule has 0 atom stereocenters. The second-order valence-corrected chi connectivity index (χ2v) is 4.97. The Hall–Kier alpha value is -2.89. The molecule has 0 aliphatic heterocycles. The molecular formula is C17H18O6. The van der Waals surface area contributed by atoms with Crippen molar-refractivity contribution in [2.24, 2.45) is 0 Å². The molecule has 0 saturated carbocycles. The average Bonchev–Trinajstić information content (AvgIpc) is 2.51. The van der Waals surface area contributed by atoms with Crippen molar-refractivity contribution in [2.75, 3.05) is 14.2 Å². The number of rotatable bonds is 6. The maximum atomic E-state index is 12.2. The molecule has 23 heavy (non-hydrogen) atoms. The molecule has 6 heteroatoms. The summed E-state index contributed by atoms with van der Waals surface area (Å²) in [6.07, 6.45) is 0.486. The Kier molecular flexibility index (Phi) is 4.95. The van der Waals surface area contributed by atoms with Gasteiger partial charge in [0, 0.05) is 18.6 Å². The van der Waals surface area contributed by atoms with Gasteiger partial charge in [-0.25, -0.2) is 0 Å². The minimum absolute atomic E-state index is 0.0847. The van der Waals surface area contributed by atoms with Gasteiger partial charge in [-0.1, -0.05) is 6.07 Å². The van der Waals surface area contributed by atoms with Crippen molar-refractivity contribution in [3.8, 4) is 28.7 Å². The number of phenols is 3. The summed E-state index contributed by atoms with van der Waals surface area (Å²) in [7, 11) is 3.07. The van der Waals surface area contributed by atoms with Gasteiger partial charge in [0.25, 0.3) is 0 Å². The van der Waals surface area contributed by atoms with E-state index >= 15 is 0 Å². The first kappa shape index (κ1) is 16.5. The highest BCUT2D eigenvalue weighted by atomic mass is 16.5. The second kappa shape index (κ2) is 6.91. The second-order valence-electron chi connectivity index (χ2n) is 4.97. The van der Waals surface area contributed by atoms with Crippen LogP contribution in [0.4, 0.5) is 0 Å². The molecule has 0 fully saturated rings. The first-order chi connectivity index (χ1) is 11.0. The minimum atomic E-state index is -0.445. The summed E-state index contributed by atoms with van der Waals surface area (Å²) in [4.78, 5) is 12.2. The van der Waals surface area contributed by atoms with Crippen LogP contribution in [-0.2, 0) is 6.42 Å². The monoisotopic (exact) mass is 318 g/mol. The third-order valence-corrected chi connectivity index (χ3v) is 3.45. The lowest BCUT2D eigenvalue weighted by Gasteiger charge is -2.10. The Balaban J connectivity index is 2.14. The molecule has 0 amide bonds.